The number of benzene rings is 1. The summed E-state index contributed by atoms with van der Waals surface area (Å²) in [6.45, 7) is 5.14. The maximum atomic E-state index is 11.9. The Balaban J connectivity index is 3.31. The molecule has 0 aromatic heterocycles. The van der Waals surface area contributed by atoms with Crippen LogP contribution in [0.25, 0.3) is 0 Å². The molecule has 7 heteroatoms. The summed E-state index contributed by atoms with van der Waals surface area (Å²) in [7, 11) is 1.26. The third-order valence-corrected chi connectivity index (χ3v) is 2.90. The van der Waals surface area contributed by atoms with Crippen LogP contribution in [0.4, 0.5) is 11.4 Å². The van der Waals surface area contributed by atoms with E-state index in [1.807, 2.05) is 6.92 Å². The number of rotatable bonds is 7. The monoisotopic (exact) mass is 322 g/mol. The fraction of sp³-hybridized carbons (Fsp3) is 0.438. The van der Waals surface area contributed by atoms with Gasteiger partial charge < -0.3 is 20.1 Å². The maximum absolute atomic E-state index is 11.9. The predicted octanol–water partition coefficient (Wildman–Crippen LogP) is 2.57. The number of carbonyl (C=O) groups is 3. The highest BCUT2D eigenvalue weighted by atomic mass is 16.5. The first-order chi connectivity index (χ1) is 10.9. The van der Waals surface area contributed by atoms with Crippen LogP contribution in [0.2, 0.25) is 0 Å². The Bertz CT molecular complexity index is 598. The fourth-order valence-electron chi connectivity index (χ4n) is 1.88. The Morgan fingerprint density at radius 2 is 1.61 bits per heavy atom. The average Bonchev–Trinajstić information content (AvgIpc) is 2.48. The van der Waals surface area contributed by atoms with Gasteiger partial charge in [0.05, 0.1) is 25.1 Å². The molecule has 2 N–H and O–H groups in total. The molecule has 0 saturated carbocycles. The molecule has 0 spiro atoms. The quantitative estimate of drug-likeness (QED) is 0.594. The normalized spacial score (nSPS) is 9.91. The molecule has 0 unspecified atom stereocenters. The summed E-state index contributed by atoms with van der Waals surface area (Å²) in [6, 6.07) is 2.94. The molecule has 0 radical (unpaired) electrons. The minimum atomic E-state index is -0.586. The first kappa shape index (κ1) is 18.5. The van der Waals surface area contributed by atoms with Crippen LogP contribution in [-0.2, 0) is 14.3 Å². The van der Waals surface area contributed by atoms with Crippen LogP contribution in [0, 0.1) is 0 Å². The molecule has 126 valence electrons. The van der Waals surface area contributed by atoms with Gasteiger partial charge >= 0.3 is 5.97 Å². The number of esters is 1. The molecule has 0 aliphatic rings. The van der Waals surface area contributed by atoms with E-state index in [4.69, 9.17) is 9.47 Å². The lowest BCUT2D eigenvalue weighted by Gasteiger charge is -2.16. The van der Waals surface area contributed by atoms with Crippen molar-refractivity contribution >= 4 is 29.2 Å². The Morgan fingerprint density at radius 1 is 1.04 bits per heavy atom. The fourth-order valence-corrected chi connectivity index (χ4v) is 1.88. The van der Waals surface area contributed by atoms with Gasteiger partial charge in [0, 0.05) is 19.9 Å². The predicted molar refractivity (Wildman–Crippen MR) is 86.8 cm³/mol. The van der Waals surface area contributed by atoms with Crippen molar-refractivity contribution in [3.05, 3.63) is 17.7 Å². The highest BCUT2D eigenvalue weighted by molar-refractivity contribution is 6.02. The molecule has 2 amide bonds. The van der Waals surface area contributed by atoms with E-state index in [2.05, 4.69) is 10.6 Å². The molecule has 1 aromatic carbocycles. The summed E-state index contributed by atoms with van der Waals surface area (Å²) < 4.78 is 10.4. The SMILES string of the molecule is CCCCOc1cc(NC(C)=O)c(NC(C)=O)cc1C(=O)OC. The van der Waals surface area contributed by atoms with Gasteiger partial charge in [0.1, 0.15) is 11.3 Å². The van der Waals surface area contributed by atoms with Gasteiger partial charge in [0.2, 0.25) is 11.8 Å². The Labute approximate surface area is 135 Å². The van der Waals surface area contributed by atoms with Crippen molar-refractivity contribution in [1.29, 1.82) is 0 Å². The minimum absolute atomic E-state index is 0.182. The first-order valence-corrected chi connectivity index (χ1v) is 7.33. The highest BCUT2D eigenvalue weighted by Gasteiger charge is 2.18. The zero-order valence-corrected chi connectivity index (χ0v) is 13.8. The van der Waals surface area contributed by atoms with E-state index in [-0.39, 0.29) is 17.4 Å². The van der Waals surface area contributed by atoms with E-state index in [1.165, 1.54) is 33.1 Å². The number of hydrogen-bond acceptors (Lipinski definition) is 5. The zero-order valence-electron chi connectivity index (χ0n) is 13.8. The van der Waals surface area contributed by atoms with Crippen molar-refractivity contribution in [2.75, 3.05) is 24.4 Å². The van der Waals surface area contributed by atoms with Gasteiger partial charge in [-0.3, -0.25) is 9.59 Å². The molecule has 23 heavy (non-hydrogen) atoms. The van der Waals surface area contributed by atoms with Crippen LogP contribution < -0.4 is 15.4 Å². The Hall–Kier alpha value is -2.57. The highest BCUT2D eigenvalue weighted by Crippen LogP contribution is 2.32. The van der Waals surface area contributed by atoms with Gasteiger partial charge in [-0.25, -0.2) is 4.79 Å². The van der Waals surface area contributed by atoms with Crippen LogP contribution in [-0.4, -0.2) is 31.5 Å². The Morgan fingerprint density at radius 3 is 2.09 bits per heavy atom. The van der Waals surface area contributed by atoms with E-state index in [0.29, 0.717) is 23.7 Å². The molecule has 1 rings (SSSR count). The summed E-state index contributed by atoms with van der Waals surface area (Å²) in [4.78, 5) is 34.6. The number of methoxy groups -OCH3 is 1. The average molecular weight is 322 g/mol. The van der Waals surface area contributed by atoms with Crippen molar-refractivity contribution < 1.29 is 23.9 Å². The lowest BCUT2D eigenvalue weighted by molar-refractivity contribution is -0.115. The molecule has 0 atom stereocenters. The topological polar surface area (TPSA) is 93.7 Å². The summed E-state index contributed by atoms with van der Waals surface area (Å²) >= 11 is 0. The molecule has 0 heterocycles. The number of carbonyl (C=O) groups excluding carboxylic acids is 3. The molecule has 0 bridgehead atoms. The van der Waals surface area contributed by atoms with Gasteiger partial charge in [-0.05, 0) is 12.5 Å². The third kappa shape index (κ3) is 5.61. The second-order valence-electron chi connectivity index (χ2n) is 4.95. The van der Waals surface area contributed by atoms with Crippen LogP contribution in [0.15, 0.2) is 12.1 Å². The number of ether oxygens (including phenoxy) is 2. The van der Waals surface area contributed by atoms with E-state index in [1.54, 1.807) is 0 Å². The van der Waals surface area contributed by atoms with Crippen LogP contribution in [0.3, 0.4) is 0 Å². The van der Waals surface area contributed by atoms with Gasteiger partial charge in [0.25, 0.3) is 0 Å². The smallest absolute Gasteiger partial charge is 0.341 e. The van der Waals surface area contributed by atoms with Crippen molar-refractivity contribution in [3.63, 3.8) is 0 Å². The van der Waals surface area contributed by atoms with Crippen molar-refractivity contribution in [1.82, 2.24) is 0 Å². The molecule has 0 fully saturated rings. The van der Waals surface area contributed by atoms with Crippen LogP contribution in [0.5, 0.6) is 5.75 Å². The van der Waals surface area contributed by atoms with Gasteiger partial charge in [0.15, 0.2) is 0 Å². The largest absolute Gasteiger partial charge is 0.493 e. The molecule has 1 aromatic rings. The molecule has 0 aliphatic heterocycles. The Kier molecular flexibility index (Phi) is 7.05. The second-order valence-corrected chi connectivity index (χ2v) is 4.95. The number of unbranched alkanes of at least 4 members (excludes halogenated alkanes) is 1. The number of nitrogens with one attached hydrogen (secondary N) is 2. The summed E-state index contributed by atoms with van der Waals surface area (Å²) in [5.74, 6) is -0.922. The lowest BCUT2D eigenvalue weighted by Crippen LogP contribution is -2.15. The van der Waals surface area contributed by atoms with E-state index in [9.17, 15) is 14.4 Å². The molecular formula is C16H22N2O5. The number of amides is 2. The number of hydrogen-bond donors (Lipinski definition) is 2. The van der Waals surface area contributed by atoms with E-state index < -0.39 is 5.97 Å². The lowest BCUT2D eigenvalue weighted by atomic mass is 10.1. The molecule has 7 nitrogen and oxygen atoms in total. The van der Waals surface area contributed by atoms with Gasteiger partial charge in [-0.1, -0.05) is 13.3 Å². The molecular weight excluding hydrogens is 300 g/mol. The van der Waals surface area contributed by atoms with Crippen LogP contribution >= 0.6 is 0 Å². The summed E-state index contributed by atoms with van der Waals surface area (Å²) in [5, 5.41) is 5.18. The van der Waals surface area contributed by atoms with E-state index in [0.717, 1.165) is 12.8 Å². The summed E-state index contributed by atoms with van der Waals surface area (Å²) in [5.41, 5.74) is 0.837. The minimum Gasteiger partial charge on any atom is -0.493 e. The molecule has 0 saturated heterocycles. The first-order valence-electron chi connectivity index (χ1n) is 7.33. The molecule has 0 aliphatic carbocycles. The zero-order chi connectivity index (χ0) is 17.4. The standard InChI is InChI=1S/C16H22N2O5/c1-5-6-7-23-15-9-14(18-11(3)20)13(17-10(2)19)8-12(15)16(21)22-4/h8-9H,5-7H2,1-4H3,(H,17,19)(H,18,20). The van der Waals surface area contributed by atoms with Crippen molar-refractivity contribution in [2.45, 2.75) is 33.6 Å². The number of anilines is 2. The van der Waals surface area contributed by atoms with Crippen molar-refractivity contribution in [3.8, 4) is 5.75 Å². The van der Waals surface area contributed by atoms with E-state index >= 15 is 0 Å². The van der Waals surface area contributed by atoms with Crippen LogP contribution in [0.1, 0.15) is 44.0 Å². The second kappa shape index (κ2) is 8.77. The van der Waals surface area contributed by atoms with Gasteiger partial charge in [-0.2, -0.15) is 0 Å². The van der Waals surface area contributed by atoms with Gasteiger partial charge in [-0.15, -0.1) is 0 Å². The summed E-state index contributed by atoms with van der Waals surface area (Å²) in [6.07, 6.45) is 1.76. The van der Waals surface area contributed by atoms with Crippen molar-refractivity contribution in [2.24, 2.45) is 0 Å². The third-order valence-electron chi connectivity index (χ3n) is 2.90. The maximum Gasteiger partial charge on any atom is 0.341 e.